The Morgan fingerprint density at radius 1 is 1.57 bits per heavy atom. The minimum absolute atomic E-state index is 0.0811. The van der Waals surface area contributed by atoms with Crippen LogP contribution in [0, 0.1) is 0 Å². The van der Waals surface area contributed by atoms with E-state index in [1.54, 1.807) is 0 Å². The van der Waals surface area contributed by atoms with Crippen molar-refractivity contribution in [1.29, 1.82) is 0 Å². The lowest BCUT2D eigenvalue weighted by Gasteiger charge is -2.23. The molecule has 0 aromatic heterocycles. The SMILES string of the molecule is CC(CC(N)=S)N(C)S(=O)(=O)C(F)F. The summed E-state index contributed by atoms with van der Waals surface area (Å²) in [5.41, 5.74) is 5.17. The molecular weight excluding hydrogens is 234 g/mol. The third-order valence-electron chi connectivity index (χ3n) is 1.74. The number of nitrogens with zero attached hydrogens (tertiary/aromatic N) is 1. The highest BCUT2D eigenvalue weighted by Gasteiger charge is 2.32. The van der Waals surface area contributed by atoms with E-state index in [9.17, 15) is 17.2 Å². The summed E-state index contributed by atoms with van der Waals surface area (Å²) in [4.78, 5) is 0.0915. The Balaban J connectivity index is 4.62. The van der Waals surface area contributed by atoms with Crippen molar-refractivity contribution in [3.8, 4) is 0 Å². The molecule has 0 rings (SSSR count). The smallest absolute Gasteiger partial charge is 0.350 e. The van der Waals surface area contributed by atoms with Gasteiger partial charge in [-0.25, -0.2) is 8.42 Å². The van der Waals surface area contributed by atoms with Crippen molar-refractivity contribution in [2.45, 2.75) is 25.1 Å². The van der Waals surface area contributed by atoms with Gasteiger partial charge >= 0.3 is 5.76 Å². The summed E-state index contributed by atoms with van der Waals surface area (Å²) >= 11 is 4.55. The lowest BCUT2D eigenvalue weighted by Crippen LogP contribution is -2.40. The highest BCUT2D eigenvalue weighted by atomic mass is 32.2. The van der Waals surface area contributed by atoms with Gasteiger partial charge in [-0.05, 0) is 6.92 Å². The van der Waals surface area contributed by atoms with E-state index in [4.69, 9.17) is 5.73 Å². The van der Waals surface area contributed by atoms with Crippen LogP contribution in [-0.4, -0.2) is 36.6 Å². The molecule has 0 aliphatic rings. The molecule has 0 amide bonds. The second-order valence-corrected chi connectivity index (χ2v) is 5.33. The Hall–Kier alpha value is -0.340. The van der Waals surface area contributed by atoms with E-state index in [2.05, 4.69) is 12.2 Å². The number of hydrogen-bond donors (Lipinski definition) is 1. The number of hydrogen-bond acceptors (Lipinski definition) is 3. The summed E-state index contributed by atoms with van der Waals surface area (Å²) in [6.45, 7) is 1.46. The molecule has 0 saturated heterocycles. The zero-order valence-electron chi connectivity index (χ0n) is 7.78. The quantitative estimate of drug-likeness (QED) is 0.719. The maximum atomic E-state index is 12.1. The average Bonchev–Trinajstić information content (AvgIpc) is 2.01. The fraction of sp³-hybridized carbons (Fsp3) is 0.833. The zero-order valence-corrected chi connectivity index (χ0v) is 9.41. The highest BCUT2D eigenvalue weighted by Crippen LogP contribution is 2.14. The lowest BCUT2D eigenvalue weighted by molar-refractivity contribution is 0.217. The first kappa shape index (κ1) is 13.7. The Labute approximate surface area is 87.1 Å². The molecule has 0 aliphatic heterocycles. The predicted octanol–water partition coefficient (Wildman–Crippen LogP) is 0.535. The first-order chi connectivity index (χ1) is 6.19. The molecule has 0 aliphatic carbocycles. The molecule has 14 heavy (non-hydrogen) atoms. The Kier molecular flexibility index (Phi) is 4.82. The van der Waals surface area contributed by atoms with Crippen LogP contribution < -0.4 is 5.73 Å². The van der Waals surface area contributed by atoms with E-state index in [1.165, 1.54) is 6.92 Å². The van der Waals surface area contributed by atoms with Crippen molar-refractivity contribution < 1.29 is 17.2 Å². The van der Waals surface area contributed by atoms with Crippen LogP contribution in [0.3, 0.4) is 0 Å². The van der Waals surface area contributed by atoms with Crippen LogP contribution in [0.15, 0.2) is 0 Å². The number of rotatable bonds is 5. The molecule has 0 aromatic rings. The third-order valence-corrected chi connectivity index (χ3v) is 3.52. The Morgan fingerprint density at radius 2 is 2.00 bits per heavy atom. The van der Waals surface area contributed by atoms with Crippen molar-refractivity contribution in [2.75, 3.05) is 7.05 Å². The van der Waals surface area contributed by atoms with Gasteiger partial charge in [-0.2, -0.15) is 13.1 Å². The van der Waals surface area contributed by atoms with E-state index >= 15 is 0 Å². The van der Waals surface area contributed by atoms with E-state index < -0.39 is 21.8 Å². The average molecular weight is 246 g/mol. The van der Waals surface area contributed by atoms with Crippen molar-refractivity contribution in [1.82, 2.24) is 4.31 Å². The maximum absolute atomic E-state index is 12.1. The third kappa shape index (κ3) is 3.43. The first-order valence-corrected chi connectivity index (χ1v) is 5.64. The summed E-state index contributed by atoms with van der Waals surface area (Å²) in [5, 5.41) is 0. The van der Waals surface area contributed by atoms with Gasteiger partial charge in [0.15, 0.2) is 0 Å². The molecular formula is C6H12F2N2O2S2. The van der Waals surface area contributed by atoms with E-state index in [-0.39, 0.29) is 11.4 Å². The van der Waals surface area contributed by atoms with Gasteiger partial charge < -0.3 is 5.73 Å². The summed E-state index contributed by atoms with van der Waals surface area (Å²) in [6.07, 6.45) is 0.0811. The number of alkyl halides is 2. The van der Waals surface area contributed by atoms with Gasteiger partial charge in [-0.15, -0.1) is 0 Å². The molecule has 0 bridgehead atoms. The second-order valence-electron chi connectivity index (χ2n) is 2.84. The summed E-state index contributed by atoms with van der Waals surface area (Å²) < 4.78 is 46.6. The number of halogens is 2. The lowest BCUT2D eigenvalue weighted by atomic mass is 10.2. The molecule has 1 unspecified atom stereocenters. The zero-order chi connectivity index (χ0) is 11.5. The second kappa shape index (κ2) is 4.94. The van der Waals surface area contributed by atoms with Gasteiger partial charge in [-0.1, -0.05) is 12.2 Å². The van der Waals surface area contributed by atoms with Crippen LogP contribution in [0.1, 0.15) is 13.3 Å². The molecule has 0 fully saturated rings. The topological polar surface area (TPSA) is 63.4 Å². The molecule has 2 N–H and O–H groups in total. The minimum Gasteiger partial charge on any atom is -0.393 e. The monoisotopic (exact) mass is 246 g/mol. The number of sulfonamides is 1. The maximum Gasteiger partial charge on any atom is 0.350 e. The van der Waals surface area contributed by atoms with Gasteiger partial charge in [0, 0.05) is 19.5 Å². The molecule has 84 valence electrons. The molecule has 0 aromatic carbocycles. The van der Waals surface area contributed by atoms with Gasteiger partial charge in [-0.3, -0.25) is 0 Å². The largest absolute Gasteiger partial charge is 0.393 e. The van der Waals surface area contributed by atoms with Crippen LogP contribution in [0.5, 0.6) is 0 Å². The van der Waals surface area contributed by atoms with Gasteiger partial charge in [0.2, 0.25) is 0 Å². The molecule has 4 nitrogen and oxygen atoms in total. The highest BCUT2D eigenvalue weighted by molar-refractivity contribution is 7.89. The van der Waals surface area contributed by atoms with Crippen molar-refractivity contribution in [3.63, 3.8) is 0 Å². The van der Waals surface area contributed by atoms with Gasteiger partial charge in [0.05, 0.1) is 4.99 Å². The van der Waals surface area contributed by atoms with Crippen molar-refractivity contribution in [3.05, 3.63) is 0 Å². The van der Waals surface area contributed by atoms with Gasteiger partial charge in [0.1, 0.15) is 0 Å². The summed E-state index contributed by atoms with van der Waals surface area (Å²) in [7, 11) is -3.46. The Bertz CT molecular complexity index is 305. The summed E-state index contributed by atoms with van der Waals surface area (Å²) in [5.74, 6) is -3.42. The fourth-order valence-electron chi connectivity index (χ4n) is 0.796. The number of thiocarbonyl (C=S) groups is 1. The molecule has 8 heteroatoms. The Morgan fingerprint density at radius 3 is 2.29 bits per heavy atom. The van der Waals surface area contributed by atoms with Crippen LogP contribution in [0.25, 0.3) is 0 Å². The first-order valence-electron chi connectivity index (χ1n) is 3.73. The van der Waals surface area contributed by atoms with E-state index in [0.717, 1.165) is 7.05 Å². The van der Waals surface area contributed by atoms with Gasteiger partial charge in [0.25, 0.3) is 10.0 Å². The standard InChI is InChI=1S/C6H12F2N2O2S2/c1-4(3-5(9)13)10(2)14(11,12)6(7)8/h4,6H,3H2,1-2H3,(H2,9,13). The van der Waals surface area contributed by atoms with Crippen molar-refractivity contribution in [2.24, 2.45) is 5.73 Å². The fourth-order valence-corrected chi connectivity index (χ4v) is 1.86. The molecule has 0 radical (unpaired) electrons. The number of nitrogens with two attached hydrogens (primary N) is 1. The van der Waals surface area contributed by atoms with Crippen molar-refractivity contribution >= 4 is 27.2 Å². The van der Waals surface area contributed by atoms with E-state index in [1.807, 2.05) is 0 Å². The molecule has 0 heterocycles. The molecule has 1 atom stereocenters. The van der Waals surface area contributed by atoms with Crippen LogP contribution in [0.4, 0.5) is 8.78 Å². The van der Waals surface area contributed by atoms with Crippen LogP contribution >= 0.6 is 12.2 Å². The minimum atomic E-state index is -4.54. The normalized spacial score (nSPS) is 14.7. The van der Waals surface area contributed by atoms with E-state index in [0.29, 0.717) is 4.31 Å². The van der Waals surface area contributed by atoms with Crippen LogP contribution in [-0.2, 0) is 10.0 Å². The van der Waals surface area contributed by atoms with Crippen LogP contribution in [0.2, 0.25) is 0 Å². The molecule has 0 spiro atoms. The predicted molar refractivity (Wildman–Crippen MR) is 53.6 cm³/mol. The summed E-state index contributed by atoms with van der Waals surface area (Å²) in [6, 6.07) is -0.661. The molecule has 0 saturated carbocycles.